The van der Waals surface area contributed by atoms with Gasteiger partial charge in [0, 0.05) is 18.5 Å². The molecule has 2 unspecified atom stereocenters. The van der Waals surface area contributed by atoms with Gasteiger partial charge in [-0.3, -0.25) is 0 Å². The molecule has 9 heteroatoms. The lowest BCUT2D eigenvalue weighted by molar-refractivity contribution is -0.274. The van der Waals surface area contributed by atoms with E-state index in [-0.39, 0.29) is 42.4 Å². The minimum Gasteiger partial charge on any atom is -0.406 e. The molecule has 0 amide bonds. The number of halogens is 5. The van der Waals surface area contributed by atoms with Crippen LogP contribution >= 0.6 is 24.8 Å². The first-order valence-electron chi connectivity index (χ1n) is 10.3. The molecule has 1 saturated heterocycles. The van der Waals surface area contributed by atoms with Crippen LogP contribution in [0.3, 0.4) is 0 Å². The normalized spacial score (nSPS) is 24.4. The standard InChI is InChI=1S/C21H31F3N2O2.2ClH/c1-25-16-9-11-26(12-10-16)14-19(18-7-2-3-8-20(18)27)15-5-4-6-17(13-15)28-21(22,23)24;;/h4-6,13,16,18-20,25,27H,2-3,7-12,14H2,1H3;2*1H/t18?,19-,20?;;/m1../s1. The van der Waals surface area contributed by atoms with Crippen LogP contribution in [-0.4, -0.2) is 55.2 Å². The Bertz CT molecular complexity index is 629. The number of nitrogens with zero attached hydrogens (tertiary/aromatic N) is 1. The predicted molar refractivity (Wildman–Crippen MR) is 117 cm³/mol. The van der Waals surface area contributed by atoms with E-state index in [4.69, 9.17) is 0 Å². The molecule has 174 valence electrons. The molecule has 1 aliphatic heterocycles. The van der Waals surface area contributed by atoms with E-state index in [1.165, 1.54) is 12.1 Å². The first-order chi connectivity index (χ1) is 13.4. The molecular formula is C21H33Cl2F3N2O2. The lowest BCUT2D eigenvalue weighted by atomic mass is 9.74. The summed E-state index contributed by atoms with van der Waals surface area (Å²) in [5.74, 6) is -0.121. The molecule has 1 aromatic carbocycles. The molecule has 4 nitrogen and oxygen atoms in total. The average molecular weight is 473 g/mol. The zero-order valence-corrected chi connectivity index (χ0v) is 18.9. The summed E-state index contributed by atoms with van der Waals surface area (Å²) in [6.45, 7) is 2.68. The molecule has 2 fully saturated rings. The number of hydrogen-bond acceptors (Lipinski definition) is 4. The smallest absolute Gasteiger partial charge is 0.406 e. The van der Waals surface area contributed by atoms with Crippen LogP contribution in [0.25, 0.3) is 0 Å². The van der Waals surface area contributed by atoms with Crippen molar-refractivity contribution in [1.82, 2.24) is 10.2 Å². The quantitative estimate of drug-likeness (QED) is 0.626. The van der Waals surface area contributed by atoms with E-state index < -0.39 is 12.5 Å². The summed E-state index contributed by atoms with van der Waals surface area (Å²) in [6.07, 6.45) is 0.758. The fourth-order valence-corrected chi connectivity index (χ4v) is 4.72. The zero-order valence-electron chi connectivity index (χ0n) is 17.2. The number of hydrogen-bond donors (Lipinski definition) is 2. The molecule has 0 spiro atoms. The van der Waals surface area contributed by atoms with Crippen molar-refractivity contribution in [3.63, 3.8) is 0 Å². The Kier molecular flexibility index (Phi) is 11.2. The van der Waals surface area contributed by atoms with E-state index in [0.29, 0.717) is 6.04 Å². The van der Waals surface area contributed by atoms with Gasteiger partial charge in [-0.2, -0.15) is 0 Å². The second-order valence-electron chi connectivity index (χ2n) is 8.11. The molecule has 1 aliphatic carbocycles. The van der Waals surface area contributed by atoms with Gasteiger partial charge in [-0.05, 0) is 69.4 Å². The van der Waals surface area contributed by atoms with Crippen molar-refractivity contribution in [2.45, 2.75) is 63.0 Å². The molecule has 2 N–H and O–H groups in total. The van der Waals surface area contributed by atoms with Crippen molar-refractivity contribution in [1.29, 1.82) is 0 Å². The molecule has 0 bridgehead atoms. The number of ether oxygens (including phenoxy) is 1. The van der Waals surface area contributed by atoms with Gasteiger partial charge in [-0.1, -0.05) is 25.0 Å². The fourth-order valence-electron chi connectivity index (χ4n) is 4.72. The maximum atomic E-state index is 12.7. The molecule has 3 rings (SSSR count). The van der Waals surface area contributed by atoms with E-state index in [9.17, 15) is 18.3 Å². The van der Waals surface area contributed by atoms with Gasteiger partial charge in [0.05, 0.1) is 6.10 Å². The van der Waals surface area contributed by atoms with Gasteiger partial charge in [0.1, 0.15) is 5.75 Å². The van der Waals surface area contributed by atoms with Gasteiger partial charge in [0.2, 0.25) is 0 Å². The number of benzene rings is 1. The van der Waals surface area contributed by atoms with Gasteiger partial charge in [-0.15, -0.1) is 38.0 Å². The number of rotatable bonds is 6. The number of piperidine rings is 1. The molecule has 1 heterocycles. The molecule has 30 heavy (non-hydrogen) atoms. The van der Waals surface area contributed by atoms with Crippen molar-refractivity contribution in [3.05, 3.63) is 29.8 Å². The third kappa shape index (κ3) is 7.75. The van der Waals surface area contributed by atoms with Crippen molar-refractivity contribution < 1.29 is 23.0 Å². The maximum absolute atomic E-state index is 12.7. The Morgan fingerprint density at radius 1 is 1.13 bits per heavy atom. The second kappa shape index (κ2) is 12.3. The third-order valence-electron chi connectivity index (χ3n) is 6.27. The van der Waals surface area contributed by atoms with Gasteiger partial charge in [0.25, 0.3) is 0 Å². The van der Waals surface area contributed by atoms with Crippen molar-refractivity contribution >= 4 is 24.8 Å². The van der Waals surface area contributed by atoms with E-state index in [1.54, 1.807) is 6.07 Å². The van der Waals surface area contributed by atoms with E-state index >= 15 is 0 Å². The molecule has 2 aliphatic rings. The van der Waals surface area contributed by atoms with Crippen LogP contribution in [0, 0.1) is 5.92 Å². The van der Waals surface area contributed by atoms with Crippen molar-refractivity contribution in [3.8, 4) is 5.75 Å². The Balaban J connectivity index is 0.00000225. The highest BCUT2D eigenvalue weighted by Gasteiger charge is 2.35. The van der Waals surface area contributed by atoms with Gasteiger partial charge in [-0.25, -0.2) is 0 Å². The van der Waals surface area contributed by atoms with Gasteiger partial charge >= 0.3 is 6.36 Å². The molecule has 1 aromatic rings. The van der Waals surface area contributed by atoms with Crippen LogP contribution in [0.15, 0.2) is 24.3 Å². The average Bonchev–Trinajstić information content (AvgIpc) is 2.66. The van der Waals surface area contributed by atoms with E-state index in [2.05, 4.69) is 15.0 Å². The first kappa shape index (κ1) is 27.3. The summed E-state index contributed by atoms with van der Waals surface area (Å²) in [4.78, 5) is 2.39. The highest BCUT2D eigenvalue weighted by atomic mass is 35.5. The minimum atomic E-state index is -4.70. The summed E-state index contributed by atoms with van der Waals surface area (Å²) < 4.78 is 42.1. The Labute approximate surface area is 189 Å². The summed E-state index contributed by atoms with van der Waals surface area (Å²) in [5, 5.41) is 13.9. The number of nitrogens with one attached hydrogen (secondary N) is 1. The van der Waals surface area contributed by atoms with E-state index in [1.807, 2.05) is 13.1 Å². The molecule has 0 aromatic heterocycles. The highest BCUT2D eigenvalue weighted by molar-refractivity contribution is 5.85. The largest absolute Gasteiger partial charge is 0.573 e. The lowest BCUT2D eigenvalue weighted by Crippen LogP contribution is -2.44. The SMILES string of the molecule is CNC1CCN(C[C@H](c2cccc(OC(F)(F)F)c2)C2CCCCC2O)CC1.Cl.Cl. The van der Waals surface area contributed by atoms with Crippen molar-refractivity contribution in [2.24, 2.45) is 5.92 Å². The van der Waals surface area contributed by atoms with Crippen LogP contribution in [-0.2, 0) is 0 Å². The van der Waals surface area contributed by atoms with Crippen LogP contribution < -0.4 is 10.1 Å². The Hall–Kier alpha value is -0.730. The monoisotopic (exact) mass is 472 g/mol. The third-order valence-corrected chi connectivity index (χ3v) is 6.27. The lowest BCUT2D eigenvalue weighted by Gasteiger charge is -2.40. The first-order valence-corrected chi connectivity index (χ1v) is 10.3. The summed E-state index contributed by atoms with van der Waals surface area (Å²) in [5.41, 5.74) is 0.823. The van der Waals surface area contributed by atoms with Gasteiger partial charge < -0.3 is 20.1 Å². The number of aliphatic hydroxyl groups excluding tert-OH is 1. The number of aliphatic hydroxyl groups is 1. The minimum absolute atomic E-state index is 0. The molecule has 0 radical (unpaired) electrons. The topological polar surface area (TPSA) is 44.7 Å². The van der Waals surface area contributed by atoms with Crippen LogP contribution in [0.1, 0.15) is 50.0 Å². The molecule has 3 atom stereocenters. The predicted octanol–water partition coefficient (Wildman–Crippen LogP) is 4.75. The summed E-state index contributed by atoms with van der Waals surface area (Å²) >= 11 is 0. The van der Waals surface area contributed by atoms with Gasteiger partial charge in [0.15, 0.2) is 0 Å². The maximum Gasteiger partial charge on any atom is 0.573 e. The van der Waals surface area contributed by atoms with Crippen LogP contribution in [0.5, 0.6) is 5.75 Å². The van der Waals surface area contributed by atoms with Crippen molar-refractivity contribution in [2.75, 3.05) is 26.7 Å². The number of likely N-dealkylation sites (tertiary alicyclic amines) is 1. The molecule has 1 saturated carbocycles. The van der Waals surface area contributed by atoms with Crippen LogP contribution in [0.2, 0.25) is 0 Å². The second-order valence-corrected chi connectivity index (χ2v) is 8.11. The Morgan fingerprint density at radius 3 is 2.40 bits per heavy atom. The zero-order chi connectivity index (χ0) is 20.1. The molecular weight excluding hydrogens is 440 g/mol. The summed E-state index contributed by atoms with van der Waals surface area (Å²) in [6, 6.07) is 6.85. The summed E-state index contributed by atoms with van der Waals surface area (Å²) in [7, 11) is 1.98. The Morgan fingerprint density at radius 2 is 1.80 bits per heavy atom. The highest BCUT2D eigenvalue weighted by Crippen LogP contribution is 2.38. The van der Waals surface area contributed by atoms with E-state index in [0.717, 1.165) is 63.7 Å². The van der Waals surface area contributed by atoms with Crippen LogP contribution in [0.4, 0.5) is 13.2 Å². The fraction of sp³-hybridized carbons (Fsp3) is 0.714. The number of alkyl halides is 3.